The summed E-state index contributed by atoms with van der Waals surface area (Å²) in [4.78, 5) is 0. The summed E-state index contributed by atoms with van der Waals surface area (Å²) in [6, 6.07) is 7.99. The zero-order valence-corrected chi connectivity index (χ0v) is 9.73. The van der Waals surface area contributed by atoms with Crippen molar-refractivity contribution in [1.82, 2.24) is 0 Å². The topological polar surface area (TPSA) is 60.7 Å². The highest BCUT2D eigenvalue weighted by molar-refractivity contribution is 5.77. The highest BCUT2D eigenvalue weighted by atomic mass is 16.3. The normalized spacial score (nSPS) is 10.5. The van der Waals surface area contributed by atoms with Gasteiger partial charge in [-0.1, -0.05) is 6.07 Å². The largest absolute Gasteiger partial charge is 0.508 e. The molecule has 0 saturated heterocycles. The molecule has 0 atom stereocenters. The highest BCUT2D eigenvalue weighted by Gasteiger charge is 2.12. The van der Waals surface area contributed by atoms with E-state index in [2.05, 4.69) is 0 Å². The molecule has 0 aromatic heterocycles. The number of aryl methyl sites for hydroxylation is 2. The van der Waals surface area contributed by atoms with E-state index in [1.165, 1.54) is 12.1 Å². The van der Waals surface area contributed by atoms with Crippen LogP contribution >= 0.6 is 0 Å². The molecule has 3 nitrogen and oxygen atoms in total. The first-order valence-corrected chi connectivity index (χ1v) is 5.31. The fourth-order valence-electron chi connectivity index (χ4n) is 1.91. The SMILES string of the molecule is Cc1cc(C)c(O)c(-c2ccc(O)cc2O)c1. The summed E-state index contributed by atoms with van der Waals surface area (Å²) in [5.74, 6) is 0.0944. The van der Waals surface area contributed by atoms with Gasteiger partial charge in [-0.25, -0.2) is 0 Å². The van der Waals surface area contributed by atoms with Gasteiger partial charge >= 0.3 is 0 Å². The molecule has 0 aliphatic heterocycles. The van der Waals surface area contributed by atoms with Gasteiger partial charge in [-0.05, 0) is 43.2 Å². The smallest absolute Gasteiger partial charge is 0.127 e. The minimum absolute atomic E-state index is 0.00452. The minimum atomic E-state index is -0.0506. The van der Waals surface area contributed by atoms with Crippen molar-refractivity contribution in [3.63, 3.8) is 0 Å². The van der Waals surface area contributed by atoms with Crippen LogP contribution in [0.4, 0.5) is 0 Å². The van der Waals surface area contributed by atoms with Crippen LogP contribution in [-0.2, 0) is 0 Å². The Balaban J connectivity index is 2.68. The number of hydrogen-bond acceptors (Lipinski definition) is 3. The predicted molar refractivity (Wildman–Crippen MR) is 66.3 cm³/mol. The zero-order chi connectivity index (χ0) is 12.6. The van der Waals surface area contributed by atoms with E-state index < -0.39 is 0 Å². The first-order valence-electron chi connectivity index (χ1n) is 5.31. The molecular weight excluding hydrogens is 216 g/mol. The molecule has 0 radical (unpaired) electrons. The minimum Gasteiger partial charge on any atom is -0.508 e. The summed E-state index contributed by atoms with van der Waals surface area (Å²) in [6.45, 7) is 3.73. The Hall–Kier alpha value is -2.16. The highest BCUT2D eigenvalue weighted by Crippen LogP contribution is 2.39. The first-order chi connectivity index (χ1) is 7.99. The quantitative estimate of drug-likeness (QED) is 0.705. The van der Waals surface area contributed by atoms with Crippen molar-refractivity contribution in [2.75, 3.05) is 0 Å². The number of benzene rings is 2. The van der Waals surface area contributed by atoms with Crippen LogP contribution in [0.25, 0.3) is 11.1 Å². The van der Waals surface area contributed by atoms with Gasteiger partial charge in [0.15, 0.2) is 0 Å². The first kappa shape index (κ1) is 11.3. The van der Waals surface area contributed by atoms with E-state index in [-0.39, 0.29) is 17.2 Å². The third-order valence-electron chi connectivity index (χ3n) is 2.72. The van der Waals surface area contributed by atoms with Crippen LogP contribution in [-0.4, -0.2) is 15.3 Å². The van der Waals surface area contributed by atoms with E-state index >= 15 is 0 Å². The predicted octanol–water partition coefficient (Wildman–Crippen LogP) is 3.09. The van der Waals surface area contributed by atoms with Crippen molar-refractivity contribution in [2.24, 2.45) is 0 Å². The molecule has 17 heavy (non-hydrogen) atoms. The molecule has 0 amide bonds. The molecular formula is C14H14O3. The molecule has 0 unspecified atom stereocenters. The lowest BCUT2D eigenvalue weighted by Crippen LogP contribution is -1.86. The number of phenolic OH excluding ortho intramolecular Hbond substituents is 3. The summed E-state index contributed by atoms with van der Waals surface area (Å²) < 4.78 is 0. The third-order valence-corrected chi connectivity index (χ3v) is 2.72. The lowest BCUT2D eigenvalue weighted by molar-refractivity contribution is 0.450. The van der Waals surface area contributed by atoms with E-state index in [4.69, 9.17) is 0 Å². The van der Waals surface area contributed by atoms with Crippen LogP contribution in [0.5, 0.6) is 17.2 Å². The molecule has 0 fully saturated rings. The Morgan fingerprint density at radius 2 is 1.53 bits per heavy atom. The molecule has 0 heterocycles. The maximum absolute atomic E-state index is 10.00. The van der Waals surface area contributed by atoms with Gasteiger partial charge in [-0.15, -0.1) is 0 Å². The summed E-state index contributed by atoms with van der Waals surface area (Å²) in [6.07, 6.45) is 0. The molecule has 3 heteroatoms. The van der Waals surface area contributed by atoms with Crippen molar-refractivity contribution in [2.45, 2.75) is 13.8 Å². The molecule has 0 aliphatic carbocycles. The molecule has 2 aromatic carbocycles. The Kier molecular flexibility index (Phi) is 2.68. The van der Waals surface area contributed by atoms with Gasteiger partial charge in [0.05, 0.1) is 0 Å². The second kappa shape index (κ2) is 4.01. The fraction of sp³-hybridized carbons (Fsp3) is 0.143. The summed E-state index contributed by atoms with van der Waals surface area (Å²) in [5.41, 5.74) is 2.84. The summed E-state index contributed by atoms with van der Waals surface area (Å²) in [5, 5.41) is 29.0. The fourth-order valence-corrected chi connectivity index (χ4v) is 1.91. The lowest BCUT2D eigenvalue weighted by atomic mass is 9.98. The molecule has 0 spiro atoms. The van der Waals surface area contributed by atoms with Crippen molar-refractivity contribution >= 4 is 0 Å². The zero-order valence-electron chi connectivity index (χ0n) is 9.73. The van der Waals surface area contributed by atoms with Crippen LogP contribution in [0.3, 0.4) is 0 Å². The Morgan fingerprint density at radius 1 is 0.824 bits per heavy atom. The maximum atomic E-state index is 10.00. The van der Waals surface area contributed by atoms with Gasteiger partial charge < -0.3 is 15.3 Å². The summed E-state index contributed by atoms with van der Waals surface area (Å²) >= 11 is 0. The number of aromatic hydroxyl groups is 3. The average Bonchev–Trinajstić information content (AvgIpc) is 2.24. The van der Waals surface area contributed by atoms with Crippen molar-refractivity contribution in [3.8, 4) is 28.4 Å². The van der Waals surface area contributed by atoms with Gasteiger partial charge in [0.1, 0.15) is 17.2 Å². The molecule has 2 rings (SSSR count). The van der Waals surface area contributed by atoms with Gasteiger partial charge in [0.25, 0.3) is 0 Å². The number of hydrogen-bond donors (Lipinski definition) is 3. The van der Waals surface area contributed by atoms with E-state index in [1.54, 1.807) is 12.1 Å². The maximum Gasteiger partial charge on any atom is 0.127 e. The van der Waals surface area contributed by atoms with Crippen LogP contribution < -0.4 is 0 Å². The van der Waals surface area contributed by atoms with Crippen LogP contribution in [0.2, 0.25) is 0 Å². The third kappa shape index (κ3) is 2.04. The van der Waals surface area contributed by atoms with Gasteiger partial charge in [-0.3, -0.25) is 0 Å². The van der Waals surface area contributed by atoms with E-state index in [0.717, 1.165) is 11.1 Å². The van der Waals surface area contributed by atoms with Gasteiger partial charge in [0, 0.05) is 17.2 Å². The Bertz CT molecular complexity index is 574. The van der Waals surface area contributed by atoms with E-state index in [9.17, 15) is 15.3 Å². The van der Waals surface area contributed by atoms with Crippen molar-refractivity contribution in [1.29, 1.82) is 0 Å². The van der Waals surface area contributed by atoms with Crippen LogP contribution in [0, 0.1) is 13.8 Å². The molecule has 2 aromatic rings. The average molecular weight is 230 g/mol. The van der Waals surface area contributed by atoms with Crippen LogP contribution in [0.1, 0.15) is 11.1 Å². The standard InChI is InChI=1S/C14H14O3/c1-8-5-9(2)14(17)12(6-8)11-4-3-10(15)7-13(11)16/h3-7,15-17H,1-2H3. The molecule has 88 valence electrons. The molecule has 0 aliphatic rings. The Labute approximate surface area is 99.6 Å². The van der Waals surface area contributed by atoms with Gasteiger partial charge in [0.2, 0.25) is 0 Å². The van der Waals surface area contributed by atoms with Crippen molar-refractivity contribution in [3.05, 3.63) is 41.5 Å². The lowest BCUT2D eigenvalue weighted by Gasteiger charge is -2.11. The number of phenols is 3. The summed E-state index contributed by atoms with van der Waals surface area (Å²) in [7, 11) is 0. The number of rotatable bonds is 1. The molecule has 0 saturated carbocycles. The Morgan fingerprint density at radius 3 is 2.18 bits per heavy atom. The van der Waals surface area contributed by atoms with Crippen molar-refractivity contribution < 1.29 is 15.3 Å². The second-order valence-electron chi connectivity index (χ2n) is 4.18. The molecule has 0 bridgehead atoms. The van der Waals surface area contributed by atoms with Crippen LogP contribution in [0.15, 0.2) is 30.3 Å². The second-order valence-corrected chi connectivity index (χ2v) is 4.18. The van der Waals surface area contributed by atoms with Gasteiger partial charge in [-0.2, -0.15) is 0 Å². The monoisotopic (exact) mass is 230 g/mol. The molecule has 3 N–H and O–H groups in total. The van der Waals surface area contributed by atoms with E-state index in [0.29, 0.717) is 11.1 Å². The van der Waals surface area contributed by atoms with E-state index in [1.807, 2.05) is 19.9 Å².